The summed E-state index contributed by atoms with van der Waals surface area (Å²) in [5.41, 5.74) is 7.99. The predicted octanol–water partition coefficient (Wildman–Crippen LogP) is 1.80. The molecular formula is C12H22N4. The average Bonchev–Trinajstić information content (AvgIpc) is 2.47. The Kier molecular flexibility index (Phi) is 3.08. The number of aromatic nitrogens is 2. The Morgan fingerprint density at radius 1 is 1.50 bits per heavy atom. The minimum Gasteiger partial charge on any atom is -0.394 e. The first-order chi connectivity index (χ1) is 7.63. The molecule has 0 aliphatic heterocycles. The fourth-order valence-electron chi connectivity index (χ4n) is 2.45. The second-order valence-corrected chi connectivity index (χ2v) is 4.84. The van der Waals surface area contributed by atoms with Crippen molar-refractivity contribution in [3.8, 4) is 0 Å². The van der Waals surface area contributed by atoms with Crippen molar-refractivity contribution < 1.29 is 0 Å². The summed E-state index contributed by atoms with van der Waals surface area (Å²) >= 11 is 0. The SMILES string of the molecule is CCc1nn(C)c(N(C)CC2CCC2)c1N. The van der Waals surface area contributed by atoms with Gasteiger partial charge >= 0.3 is 0 Å². The molecule has 0 radical (unpaired) electrons. The van der Waals surface area contributed by atoms with Crippen LogP contribution in [0, 0.1) is 5.92 Å². The van der Waals surface area contributed by atoms with Crippen molar-refractivity contribution in [3.05, 3.63) is 5.69 Å². The molecule has 0 amide bonds. The highest BCUT2D eigenvalue weighted by Gasteiger charge is 2.22. The number of anilines is 2. The standard InChI is InChI=1S/C12H22N4/c1-4-10-11(13)12(16(3)14-10)15(2)8-9-6-5-7-9/h9H,4-8,13H2,1-3H3. The Morgan fingerprint density at radius 3 is 2.62 bits per heavy atom. The van der Waals surface area contributed by atoms with Crippen LogP contribution in [0.1, 0.15) is 31.9 Å². The van der Waals surface area contributed by atoms with Crippen molar-refractivity contribution in [2.45, 2.75) is 32.6 Å². The molecule has 1 aromatic rings. The van der Waals surface area contributed by atoms with Crippen LogP contribution in [0.15, 0.2) is 0 Å². The highest BCUT2D eigenvalue weighted by molar-refractivity contribution is 5.66. The van der Waals surface area contributed by atoms with E-state index in [4.69, 9.17) is 5.73 Å². The van der Waals surface area contributed by atoms with Gasteiger partial charge in [0.2, 0.25) is 0 Å². The third-order valence-corrected chi connectivity index (χ3v) is 3.58. The summed E-state index contributed by atoms with van der Waals surface area (Å²) in [4.78, 5) is 2.26. The number of hydrogen-bond acceptors (Lipinski definition) is 3. The van der Waals surface area contributed by atoms with Gasteiger partial charge in [0.1, 0.15) is 5.82 Å². The maximum atomic E-state index is 6.13. The van der Waals surface area contributed by atoms with E-state index in [9.17, 15) is 0 Å². The van der Waals surface area contributed by atoms with Crippen LogP contribution in [-0.4, -0.2) is 23.4 Å². The van der Waals surface area contributed by atoms with Crippen molar-refractivity contribution in [2.24, 2.45) is 13.0 Å². The maximum Gasteiger partial charge on any atom is 0.150 e. The molecule has 4 heteroatoms. The van der Waals surface area contributed by atoms with Gasteiger partial charge in [-0.3, -0.25) is 4.68 Å². The lowest BCUT2D eigenvalue weighted by atomic mass is 9.85. The van der Waals surface area contributed by atoms with Gasteiger partial charge < -0.3 is 10.6 Å². The van der Waals surface area contributed by atoms with Gasteiger partial charge in [-0.25, -0.2) is 0 Å². The maximum absolute atomic E-state index is 6.13. The van der Waals surface area contributed by atoms with Crippen LogP contribution < -0.4 is 10.6 Å². The van der Waals surface area contributed by atoms with Crippen molar-refractivity contribution in [1.29, 1.82) is 0 Å². The number of rotatable bonds is 4. The lowest BCUT2D eigenvalue weighted by Crippen LogP contribution is -2.31. The van der Waals surface area contributed by atoms with Crippen molar-refractivity contribution in [3.63, 3.8) is 0 Å². The lowest BCUT2D eigenvalue weighted by Gasteiger charge is -2.31. The molecule has 1 heterocycles. The van der Waals surface area contributed by atoms with E-state index in [1.807, 2.05) is 11.7 Å². The third-order valence-electron chi connectivity index (χ3n) is 3.58. The van der Waals surface area contributed by atoms with Crippen LogP contribution in [0.2, 0.25) is 0 Å². The van der Waals surface area contributed by atoms with Crippen LogP contribution in [-0.2, 0) is 13.5 Å². The molecule has 90 valence electrons. The van der Waals surface area contributed by atoms with Crippen LogP contribution in [0.5, 0.6) is 0 Å². The van der Waals surface area contributed by atoms with Crippen molar-refractivity contribution >= 4 is 11.5 Å². The minimum atomic E-state index is 0.851. The molecule has 0 atom stereocenters. The summed E-state index contributed by atoms with van der Waals surface area (Å²) in [6.45, 7) is 3.20. The highest BCUT2D eigenvalue weighted by Crippen LogP contribution is 2.31. The van der Waals surface area contributed by atoms with Crippen LogP contribution in [0.4, 0.5) is 11.5 Å². The molecule has 0 spiro atoms. The van der Waals surface area contributed by atoms with Crippen LogP contribution in [0.3, 0.4) is 0 Å². The first-order valence-electron chi connectivity index (χ1n) is 6.16. The topological polar surface area (TPSA) is 47.1 Å². The van der Waals surface area contributed by atoms with E-state index in [1.165, 1.54) is 19.3 Å². The number of nitrogen functional groups attached to an aromatic ring is 1. The van der Waals surface area contributed by atoms with Gasteiger partial charge in [-0.15, -0.1) is 0 Å². The van der Waals surface area contributed by atoms with Gasteiger partial charge in [0.15, 0.2) is 0 Å². The number of nitrogens with zero attached hydrogens (tertiary/aromatic N) is 3. The minimum absolute atomic E-state index is 0.851. The Hall–Kier alpha value is -1.19. The quantitative estimate of drug-likeness (QED) is 0.845. The van der Waals surface area contributed by atoms with Crippen molar-refractivity contribution in [2.75, 3.05) is 24.2 Å². The molecule has 2 N–H and O–H groups in total. The van der Waals surface area contributed by atoms with Gasteiger partial charge in [-0.1, -0.05) is 13.3 Å². The Bertz CT molecular complexity index is 365. The lowest BCUT2D eigenvalue weighted by molar-refractivity contribution is 0.320. The summed E-state index contributed by atoms with van der Waals surface area (Å²) in [5.74, 6) is 1.92. The predicted molar refractivity (Wildman–Crippen MR) is 67.6 cm³/mol. The second-order valence-electron chi connectivity index (χ2n) is 4.84. The molecular weight excluding hydrogens is 200 g/mol. The molecule has 1 aliphatic rings. The summed E-state index contributed by atoms with van der Waals surface area (Å²) in [5, 5.41) is 4.45. The van der Waals surface area contributed by atoms with Gasteiger partial charge in [0.25, 0.3) is 0 Å². The van der Waals surface area contributed by atoms with Crippen LogP contribution in [0.25, 0.3) is 0 Å². The van der Waals surface area contributed by atoms with E-state index >= 15 is 0 Å². The summed E-state index contributed by atoms with van der Waals surface area (Å²) in [6, 6.07) is 0. The van der Waals surface area contributed by atoms with Crippen LogP contribution >= 0.6 is 0 Å². The molecule has 0 unspecified atom stereocenters. The Balaban J connectivity index is 2.14. The molecule has 16 heavy (non-hydrogen) atoms. The van der Waals surface area contributed by atoms with Gasteiger partial charge in [0.05, 0.1) is 11.4 Å². The largest absolute Gasteiger partial charge is 0.394 e. The number of hydrogen-bond donors (Lipinski definition) is 1. The normalized spacial score (nSPS) is 16.2. The molecule has 2 rings (SSSR count). The first-order valence-corrected chi connectivity index (χ1v) is 6.16. The van der Waals surface area contributed by atoms with Gasteiger partial charge in [-0.2, -0.15) is 5.10 Å². The fourth-order valence-corrected chi connectivity index (χ4v) is 2.45. The first kappa shape index (κ1) is 11.3. The summed E-state index contributed by atoms with van der Waals surface area (Å²) < 4.78 is 1.91. The van der Waals surface area contributed by atoms with E-state index in [-0.39, 0.29) is 0 Å². The highest BCUT2D eigenvalue weighted by atomic mass is 15.4. The second kappa shape index (κ2) is 4.36. The third kappa shape index (κ3) is 1.88. The van der Waals surface area contributed by atoms with Gasteiger partial charge in [-0.05, 0) is 25.2 Å². The molecule has 1 aliphatic carbocycles. The molecule has 1 aromatic heterocycles. The fraction of sp³-hybridized carbons (Fsp3) is 0.750. The zero-order valence-electron chi connectivity index (χ0n) is 10.5. The van der Waals surface area contributed by atoms with E-state index in [0.717, 1.165) is 36.1 Å². The van der Waals surface area contributed by atoms with E-state index in [0.29, 0.717) is 0 Å². The zero-order valence-corrected chi connectivity index (χ0v) is 10.5. The van der Waals surface area contributed by atoms with E-state index in [2.05, 4.69) is 24.0 Å². The average molecular weight is 222 g/mol. The summed E-state index contributed by atoms with van der Waals surface area (Å²) in [7, 11) is 4.09. The van der Waals surface area contributed by atoms with Crippen molar-refractivity contribution in [1.82, 2.24) is 9.78 Å². The zero-order chi connectivity index (χ0) is 11.7. The van der Waals surface area contributed by atoms with Gasteiger partial charge in [0, 0.05) is 20.6 Å². The van der Waals surface area contributed by atoms with E-state index in [1.54, 1.807) is 0 Å². The molecule has 1 fully saturated rings. The Labute approximate surface area is 97.4 Å². The number of nitrogens with two attached hydrogens (primary N) is 1. The number of aryl methyl sites for hydroxylation is 2. The molecule has 0 aromatic carbocycles. The Morgan fingerprint density at radius 2 is 2.19 bits per heavy atom. The molecule has 0 bridgehead atoms. The molecule has 1 saturated carbocycles. The summed E-state index contributed by atoms with van der Waals surface area (Å²) in [6.07, 6.45) is 5.02. The monoisotopic (exact) mass is 222 g/mol. The molecule has 4 nitrogen and oxygen atoms in total. The van der Waals surface area contributed by atoms with E-state index < -0.39 is 0 Å². The smallest absolute Gasteiger partial charge is 0.150 e. The molecule has 0 saturated heterocycles.